The average Bonchev–Trinajstić information content (AvgIpc) is 3.54. The second kappa shape index (κ2) is 7.74. The lowest BCUT2D eigenvalue weighted by molar-refractivity contribution is 0.0746. The lowest BCUT2D eigenvalue weighted by Gasteiger charge is -2.35. The highest BCUT2D eigenvalue weighted by Gasteiger charge is 2.26. The number of amides is 1. The number of benzene rings is 2. The van der Waals surface area contributed by atoms with E-state index in [4.69, 9.17) is 9.40 Å². The van der Waals surface area contributed by atoms with Crippen molar-refractivity contribution in [1.82, 2.24) is 24.5 Å². The molecule has 1 saturated heterocycles. The van der Waals surface area contributed by atoms with E-state index >= 15 is 0 Å². The second-order valence-electron chi connectivity index (χ2n) is 8.23. The van der Waals surface area contributed by atoms with Gasteiger partial charge in [-0.25, -0.2) is 9.38 Å². The van der Waals surface area contributed by atoms with Crippen LogP contribution in [0.1, 0.15) is 15.9 Å². The second-order valence-corrected chi connectivity index (χ2v) is 8.23. The van der Waals surface area contributed by atoms with E-state index < -0.39 is 0 Å². The molecule has 4 heterocycles. The number of carbonyl (C=O) groups is 1. The minimum absolute atomic E-state index is 0.0619. The molecule has 8 nitrogen and oxygen atoms in total. The van der Waals surface area contributed by atoms with Gasteiger partial charge in [-0.05, 0) is 43.3 Å². The van der Waals surface area contributed by atoms with Crippen molar-refractivity contribution >= 4 is 28.4 Å². The van der Waals surface area contributed by atoms with Crippen LogP contribution in [0.5, 0.6) is 0 Å². The van der Waals surface area contributed by atoms with Gasteiger partial charge in [0.15, 0.2) is 11.4 Å². The van der Waals surface area contributed by atoms with Gasteiger partial charge in [0.1, 0.15) is 0 Å². The van der Waals surface area contributed by atoms with Gasteiger partial charge in [0.05, 0.1) is 11.8 Å². The van der Waals surface area contributed by atoms with Crippen molar-refractivity contribution in [1.29, 1.82) is 0 Å². The van der Waals surface area contributed by atoms with Gasteiger partial charge in [-0.3, -0.25) is 4.79 Å². The third kappa shape index (κ3) is 3.31. The minimum Gasteiger partial charge on any atom is -0.461 e. The van der Waals surface area contributed by atoms with Gasteiger partial charge in [0.2, 0.25) is 11.8 Å². The summed E-state index contributed by atoms with van der Waals surface area (Å²) in [5, 5.41) is 9.82. The van der Waals surface area contributed by atoms with Crippen LogP contribution in [0.3, 0.4) is 0 Å². The average molecular weight is 438 g/mol. The predicted octanol–water partition coefficient (Wildman–Crippen LogP) is 3.81. The molecule has 0 radical (unpaired) electrons. The number of fused-ring (bicyclic) bond motifs is 3. The number of hydrogen-bond donors (Lipinski definition) is 0. The molecule has 5 aromatic rings. The van der Waals surface area contributed by atoms with Crippen LogP contribution in [-0.4, -0.2) is 56.6 Å². The number of para-hydroxylation sites is 1. The lowest BCUT2D eigenvalue weighted by Crippen LogP contribution is -2.49. The Hall–Kier alpha value is -4.20. The number of carbonyl (C=O) groups excluding carboxylic acids is 1. The topological polar surface area (TPSA) is 79.8 Å². The number of nitrogens with zero attached hydrogens (tertiary/aromatic N) is 6. The Balaban J connectivity index is 1.36. The molecule has 2 aromatic carbocycles. The summed E-state index contributed by atoms with van der Waals surface area (Å²) >= 11 is 0. The summed E-state index contributed by atoms with van der Waals surface area (Å²) in [4.78, 5) is 22.0. The Bertz CT molecular complexity index is 1450. The number of aryl methyl sites for hydroxylation is 1. The first-order chi connectivity index (χ1) is 16.2. The summed E-state index contributed by atoms with van der Waals surface area (Å²) in [6.07, 6.45) is 1.63. The maximum Gasteiger partial charge on any atom is 0.253 e. The smallest absolute Gasteiger partial charge is 0.253 e. The Morgan fingerprint density at radius 2 is 1.70 bits per heavy atom. The molecule has 0 spiro atoms. The van der Waals surface area contributed by atoms with Gasteiger partial charge in [-0.15, -0.1) is 10.2 Å². The van der Waals surface area contributed by atoms with Gasteiger partial charge in [-0.1, -0.05) is 29.8 Å². The molecule has 0 saturated carbocycles. The fraction of sp³-hybridized carbons (Fsp3) is 0.200. The number of rotatable bonds is 3. The summed E-state index contributed by atoms with van der Waals surface area (Å²) in [6, 6.07) is 19.4. The van der Waals surface area contributed by atoms with Crippen molar-refractivity contribution in [3.63, 3.8) is 0 Å². The van der Waals surface area contributed by atoms with Crippen LogP contribution in [0, 0.1) is 6.92 Å². The van der Waals surface area contributed by atoms with Crippen molar-refractivity contribution in [2.24, 2.45) is 0 Å². The summed E-state index contributed by atoms with van der Waals surface area (Å²) < 4.78 is 7.58. The molecule has 0 bridgehead atoms. The molecular formula is C25H22N6O2. The van der Waals surface area contributed by atoms with Crippen LogP contribution in [0.15, 0.2) is 71.3 Å². The highest BCUT2D eigenvalue weighted by molar-refractivity contribution is 5.95. The molecular weight excluding hydrogens is 416 g/mol. The van der Waals surface area contributed by atoms with Crippen molar-refractivity contribution < 1.29 is 9.21 Å². The Labute approximate surface area is 190 Å². The van der Waals surface area contributed by atoms with Crippen molar-refractivity contribution in [2.45, 2.75) is 6.92 Å². The van der Waals surface area contributed by atoms with Gasteiger partial charge in [-0.2, -0.15) is 0 Å². The first-order valence-corrected chi connectivity index (χ1v) is 11.0. The molecule has 1 aliphatic heterocycles. The molecule has 6 rings (SSSR count). The van der Waals surface area contributed by atoms with Crippen LogP contribution >= 0.6 is 0 Å². The molecule has 33 heavy (non-hydrogen) atoms. The fourth-order valence-electron chi connectivity index (χ4n) is 4.33. The van der Waals surface area contributed by atoms with E-state index in [9.17, 15) is 4.79 Å². The van der Waals surface area contributed by atoms with E-state index in [0.29, 0.717) is 37.8 Å². The molecule has 0 aliphatic carbocycles. The number of aromatic nitrogens is 4. The molecule has 0 unspecified atom stereocenters. The quantitative estimate of drug-likeness (QED) is 0.426. The van der Waals surface area contributed by atoms with Crippen molar-refractivity contribution in [3.05, 3.63) is 78.1 Å². The number of furan rings is 1. The highest BCUT2D eigenvalue weighted by atomic mass is 16.3. The molecule has 0 atom stereocenters. The molecule has 164 valence electrons. The van der Waals surface area contributed by atoms with E-state index in [1.807, 2.05) is 76.9 Å². The first-order valence-electron chi connectivity index (χ1n) is 11.0. The Kier molecular flexibility index (Phi) is 4.57. The Morgan fingerprint density at radius 3 is 2.45 bits per heavy atom. The zero-order valence-electron chi connectivity index (χ0n) is 18.2. The fourth-order valence-corrected chi connectivity index (χ4v) is 4.33. The lowest BCUT2D eigenvalue weighted by atomic mass is 10.1. The van der Waals surface area contributed by atoms with Gasteiger partial charge in [0, 0.05) is 37.1 Å². The normalized spacial score (nSPS) is 14.3. The third-order valence-electron chi connectivity index (χ3n) is 6.12. The predicted molar refractivity (Wildman–Crippen MR) is 125 cm³/mol. The molecule has 8 heteroatoms. The number of hydrogen-bond acceptors (Lipinski definition) is 6. The summed E-state index contributed by atoms with van der Waals surface area (Å²) in [5.41, 5.74) is 3.46. The zero-order chi connectivity index (χ0) is 22.4. The Morgan fingerprint density at radius 1 is 0.909 bits per heavy atom. The molecule has 1 aliphatic rings. The van der Waals surface area contributed by atoms with E-state index in [1.165, 1.54) is 0 Å². The summed E-state index contributed by atoms with van der Waals surface area (Å²) in [7, 11) is 0. The molecule has 1 amide bonds. The van der Waals surface area contributed by atoms with Crippen LogP contribution < -0.4 is 4.90 Å². The van der Waals surface area contributed by atoms with Gasteiger partial charge < -0.3 is 14.2 Å². The molecule has 3 aromatic heterocycles. The molecule has 1 fully saturated rings. The van der Waals surface area contributed by atoms with Crippen LogP contribution in [0.2, 0.25) is 0 Å². The maximum atomic E-state index is 13.0. The zero-order valence-corrected chi connectivity index (χ0v) is 18.2. The van der Waals surface area contributed by atoms with Gasteiger partial charge in [0.25, 0.3) is 5.91 Å². The van der Waals surface area contributed by atoms with E-state index in [0.717, 1.165) is 33.6 Å². The molecule has 0 N–H and O–H groups in total. The summed E-state index contributed by atoms with van der Waals surface area (Å²) in [5.74, 6) is 2.06. The highest BCUT2D eigenvalue weighted by Crippen LogP contribution is 2.29. The van der Waals surface area contributed by atoms with Crippen molar-refractivity contribution in [3.8, 4) is 11.6 Å². The standard InChI is InChI=1S/C25H22N6O2/c1-17-8-10-18(11-9-17)24(32)29-12-14-30(15-13-29)25-26-20-6-3-2-5-19(20)22-27-28-23(31(22)25)21-7-4-16-33-21/h2-11,16H,12-15H2,1H3. The largest absolute Gasteiger partial charge is 0.461 e. The third-order valence-corrected chi connectivity index (χ3v) is 6.12. The maximum absolute atomic E-state index is 13.0. The van der Waals surface area contributed by atoms with Crippen molar-refractivity contribution in [2.75, 3.05) is 31.1 Å². The first kappa shape index (κ1) is 19.5. The van der Waals surface area contributed by atoms with E-state index in [2.05, 4.69) is 15.1 Å². The van der Waals surface area contributed by atoms with E-state index in [-0.39, 0.29) is 5.91 Å². The minimum atomic E-state index is 0.0619. The number of piperazine rings is 1. The summed E-state index contributed by atoms with van der Waals surface area (Å²) in [6.45, 7) is 4.57. The van der Waals surface area contributed by atoms with Crippen LogP contribution in [0.4, 0.5) is 5.95 Å². The monoisotopic (exact) mass is 438 g/mol. The SMILES string of the molecule is Cc1ccc(C(=O)N2CCN(c3nc4ccccc4c4nnc(-c5ccco5)n34)CC2)cc1. The number of anilines is 1. The van der Waals surface area contributed by atoms with Crippen LogP contribution in [-0.2, 0) is 0 Å². The van der Waals surface area contributed by atoms with Crippen LogP contribution in [0.25, 0.3) is 28.1 Å². The van der Waals surface area contributed by atoms with E-state index in [1.54, 1.807) is 6.26 Å². The van der Waals surface area contributed by atoms with Gasteiger partial charge >= 0.3 is 0 Å².